The molecule has 0 unspecified atom stereocenters. The Bertz CT molecular complexity index is 529. The Morgan fingerprint density at radius 2 is 1.29 bits per heavy atom. The van der Waals surface area contributed by atoms with Gasteiger partial charge in [0.1, 0.15) is 0 Å². The first-order valence-corrected chi connectivity index (χ1v) is 6.53. The average molecular weight is 334 g/mol. The molecule has 2 heteroatoms. The topological polar surface area (TPSA) is 17.1 Å². The van der Waals surface area contributed by atoms with E-state index in [2.05, 4.69) is 22.6 Å². The molecule has 0 heterocycles. The molecule has 0 fully saturated rings. The van der Waals surface area contributed by atoms with Gasteiger partial charge in [-0.05, 0) is 9.65 Å². The zero-order chi connectivity index (χ0) is 12.1. The van der Waals surface area contributed by atoms with Crippen LogP contribution in [-0.4, -0.2) is 5.78 Å². The molecule has 0 saturated heterocycles. The lowest BCUT2D eigenvalue weighted by Crippen LogP contribution is -2.01. The SMILES string of the molecule is O=C(/C(=C/I)c1ccccc1)c1ccccc1. The van der Waals surface area contributed by atoms with E-state index < -0.39 is 0 Å². The Morgan fingerprint density at radius 3 is 1.76 bits per heavy atom. The molecule has 0 amide bonds. The van der Waals surface area contributed by atoms with E-state index in [1.807, 2.05) is 64.7 Å². The van der Waals surface area contributed by atoms with Gasteiger partial charge in [-0.3, -0.25) is 4.79 Å². The van der Waals surface area contributed by atoms with Crippen LogP contribution in [0.3, 0.4) is 0 Å². The Morgan fingerprint density at radius 1 is 0.824 bits per heavy atom. The number of Topliss-reactive ketones (excluding diaryl/α,β-unsaturated/α-hetero) is 1. The zero-order valence-electron chi connectivity index (χ0n) is 9.14. The van der Waals surface area contributed by atoms with Crippen LogP contribution in [0.1, 0.15) is 15.9 Å². The van der Waals surface area contributed by atoms with Crippen molar-refractivity contribution < 1.29 is 4.79 Å². The van der Waals surface area contributed by atoms with Crippen molar-refractivity contribution in [2.75, 3.05) is 0 Å². The molecular formula is C15H11IO. The Balaban J connectivity index is 2.37. The number of ketones is 1. The van der Waals surface area contributed by atoms with Gasteiger partial charge in [-0.15, -0.1) is 0 Å². The minimum absolute atomic E-state index is 0.0613. The van der Waals surface area contributed by atoms with Crippen LogP contribution >= 0.6 is 22.6 Å². The van der Waals surface area contributed by atoms with E-state index in [1.54, 1.807) is 0 Å². The van der Waals surface area contributed by atoms with Crippen molar-refractivity contribution in [3.05, 3.63) is 75.9 Å². The third-order valence-corrected chi connectivity index (χ3v) is 3.10. The number of hydrogen-bond acceptors (Lipinski definition) is 1. The number of halogens is 1. The molecule has 1 nitrogen and oxygen atoms in total. The normalized spacial score (nSPS) is 11.2. The highest BCUT2D eigenvalue weighted by atomic mass is 127. The molecule has 2 rings (SSSR count). The molecule has 2 aromatic rings. The third-order valence-electron chi connectivity index (χ3n) is 2.47. The second kappa shape index (κ2) is 5.77. The van der Waals surface area contributed by atoms with Crippen LogP contribution in [0.15, 0.2) is 64.7 Å². The monoisotopic (exact) mass is 334 g/mol. The van der Waals surface area contributed by atoms with Crippen LogP contribution in [0, 0.1) is 0 Å². The largest absolute Gasteiger partial charge is 0.289 e. The van der Waals surface area contributed by atoms with Crippen molar-refractivity contribution in [1.82, 2.24) is 0 Å². The predicted molar refractivity (Wildman–Crippen MR) is 79.2 cm³/mol. The average Bonchev–Trinajstić information content (AvgIpc) is 2.42. The maximum absolute atomic E-state index is 12.3. The maximum Gasteiger partial charge on any atom is 0.194 e. The molecule has 0 atom stereocenters. The van der Waals surface area contributed by atoms with Gasteiger partial charge >= 0.3 is 0 Å². The van der Waals surface area contributed by atoms with Gasteiger partial charge < -0.3 is 0 Å². The summed E-state index contributed by atoms with van der Waals surface area (Å²) >= 11 is 2.11. The van der Waals surface area contributed by atoms with E-state index in [4.69, 9.17) is 0 Å². The molecule has 0 spiro atoms. The van der Waals surface area contributed by atoms with Crippen molar-refractivity contribution in [3.63, 3.8) is 0 Å². The number of rotatable bonds is 3. The van der Waals surface area contributed by atoms with E-state index in [-0.39, 0.29) is 5.78 Å². The summed E-state index contributed by atoms with van der Waals surface area (Å²) in [6, 6.07) is 19.1. The molecule has 0 aliphatic heterocycles. The van der Waals surface area contributed by atoms with Crippen LogP contribution in [0.2, 0.25) is 0 Å². The summed E-state index contributed by atoms with van der Waals surface area (Å²) in [4.78, 5) is 12.3. The lowest BCUT2D eigenvalue weighted by Gasteiger charge is -2.05. The fourth-order valence-electron chi connectivity index (χ4n) is 1.61. The van der Waals surface area contributed by atoms with Crippen molar-refractivity contribution in [1.29, 1.82) is 0 Å². The number of hydrogen-bond donors (Lipinski definition) is 0. The van der Waals surface area contributed by atoms with Crippen LogP contribution < -0.4 is 0 Å². The Kier molecular flexibility index (Phi) is 4.09. The Hall–Kier alpha value is -1.42. The molecule has 0 saturated carbocycles. The van der Waals surface area contributed by atoms with Gasteiger partial charge in [-0.2, -0.15) is 0 Å². The van der Waals surface area contributed by atoms with Crippen LogP contribution in [0.25, 0.3) is 5.57 Å². The highest BCUT2D eigenvalue weighted by Crippen LogP contribution is 2.21. The van der Waals surface area contributed by atoms with Gasteiger partial charge in [0.2, 0.25) is 0 Å². The zero-order valence-corrected chi connectivity index (χ0v) is 11.3. The standard InChI is InChI=1S/C15H11IO/c16-11-14(12-7-3-1-4-8-12)15(17)13-9-5-2-6-10-13/h1-11H/b14-11+. The van der Waals surface area contributed by atoms with E-state index in [0.717, 1.165) is 16.7 Å². The van der Waals surface area contributed by atoms with Crippen LogP contribution in [-0.2, 0) is 0 Å². The number of carbonyl (C=O) groups is 1. The molecular weight excluding hydrogens is 323 g/mol. The predicted octanol–water partition coefficient (Wildman–Crippen LogP) is 4.35. The summed E-state index contributed by atoms with van der Waals surface area (Å²) < 4.78 is 1.84. The highest BCUT2D eigenvalue weighted by molar-refractivity contribution is 14.1. The van der Waals surface area contributed by atoms with Gasteiger partial charge in [-0.25, -0.2) is 0 Å². The number of carbonyl (C=O) groups excluding carboxylic acids is 1. The van der Waals surface area contributed by atoms with Crippen molar-refractivity contribution >= 4 is 33.9 Å². The van der Waals surface area contributed by atoms with Gasteiger partial charge in [0.15, 0.2) is 5.78 Å². The highest BCUT2D eigenvalue weighted by Gasteiger charge is 2.12. The van der Waals surface area contributed by atoms with Crippen molar-refractivity contribution in [2.24, 2.45) is 0 Å². The molecule has 84 valence electrons. The second-order valence-electron chi connectivity index (χ2n) is 3.58. The lowest BCUT2D eigenvalue weighted by molar-refractivity contribution is 0.105. The second-order valence-corrected chi connectivity index (χ2v) is 4.21. The van der Waals surface area contributed by atoms with E-state index in [0.29, 0.717) is 0 Å². The van der Waals surface area contributed by atoms with Gasteiger partial charge in [0.05, 0.1) is 0 Å². The number of allylic oxidation sites excluding steroid dienone is 1. The number of benzene rings is 2. The summed E-state index contributed by atoms with van der Waals surface area (Å²) in [5.74, 6) is 0.0613. The fraction of sp³-hybridized carbons (Fsp3) is 0. The molecule has 0 aliphatic carbocycles. The molecule has 0 bridgehead atoms. The summed E-state index contributed by atoms with van der Waals surface area (Å²) in [6.07, 6.45) is 0. The van der Waals surface area contributed by atoms with Crippen molar-refractivity contribution in [2.45, 2.75) is 0 Å². The van der Waals surface area contributed by atoms with Crippen LogP contribution in [0.4, 0.5) is 0 Å². The first-order chi connectivity index (χ1) is 8.33. The molecule has 0 N–H and O–H groups in total. The lowest BCUT2D eigenvalue weighted by atomic mass is 9.98. The molecule has 17 heavy (non-hydrogen) atoms. The molecule has 0 aromatic heterocycles. The first-order valence-electron chi connectivity index (χ1n) is 5.28. The minimum Gasteiger partial charge on any atom is -0.289 e. The molecule has 0 radical (unpaired) electrons. The Labute approximate surface area is 114 Å². The summed E-state index contributed by atoms with van der Waals surface area (Å²) in [5, 5.41) is 0. The van der Waals surface area contributed by atoms with E-state index >= 15 is 0 Å². The van der Waals surface area contributed by atoms with E-state index in [9.17, 15) is 4.79 Å². The third kappa shape index (κ3) is 2.82. The summed E-state index contributed by atoms with van der Waals surface area (Å²) in [7, 11) is 0. The van der Waals surface area contributed by atoms with E-state index in [1.165, 1.54) is 0 Å². The van der Waals surface area contributed by atoms with Gasteiger partial charge in [0, 0.05) is 11.1 Å². The summed E-state index contributed by atoms with van der Waals surface area (Å²) in [6.45, 7) is 0. The maximum atomic E-state index is 12.3. The molecule has 0 aliphatic rings. The minimum atomic E-state index is 0.0613. The first kappa shape index (κ1) is 12.0. The quantitative estimate of drug-likeness (QED) is 0.463. The fourth-order valence-corrected chi connectivity index (χ4v) is 2.25. The smallest absolute Gasteiger partial charge is 0.194 e. The van der Waals surface area contributed by atoms with Gasteiger partial charge in [-0.1, -0.05) is 83.3 Å². The van der Waals surface area contributed by atoms with Crippen molar-refractivity contribution in [3.8, 4) is 0 Å². The summed E-state index contributed by atoms with van der Waals surface area (Å²) in [5.41, 5.74) is 2.41. The van der Waals surface area contributed by atoms with Crippen LogP contribution in [0.5, 0.6) is 0 Å². The van der Waals surface area contributed by atoms with Gasteiger partial charge in [0.25, 0.3) is 0 Å². The molecule has 2 aromatic carbocycles.